The lowest BCUT2D eigenvalue weighted by atomic mass is 10.1. The number of hydrogen-bond donors (Lipinski definition) is 1. The lowest BCUT2D eigenvalue weighted by molar-refractivity contribution is -0.117. The van der Waals surface area contributed by atoms with Crippen LogP contribution in [0.3, 0.4) is 0 Å². The van der Waals surface area contributed by atoms with Gasteiger partial charge in [0, 0.05) is 31.1 Å². The highest BCUT2D eigenvalue weighted by Gasteiger charge is 2.22. The molecule has 0 atom stereocenters. The number of carbonyl (C=O) groups excluding carboxylic acids is 1. The van der Waals surface area contributed by atoms with Crippen molar-refractivity contribution in [1.29, 1.82) is 0 Å². The van der Waals surface area contributed by atoms with Crippen LogP contribution in [-0.4, -0.2) is 25.9 Å². The van der Waals surface area contributed by atoms with Crippen molar-refractivity contribution in [2.45, 2.75) is 24.3 Å². The standard InChI is InChI=1S/C20H19N3O3S/c24-20-9-4-10-23(20)17-11-15(12-21-14-17)13-22-27(25,26)19-8-3-6-16-5-1-2-7-18(16)19/h1-3,5-8,11-12,14,22H,4,9-10,13H2. The third-order valence-electron chi connectivity index (χ3n) is 4.67. The number of carbonyl (C=O) groups is 1. The zero-order valence-electron chi connectivity index (χ0n) is 14.6. The van der Waals surface area contributed by atoms with Crippen LogP contribution in [0.4, 0.5) is 5.69 Å². The number of hydrogen-bond acceptors (Lipinski definition) is 4. The molecule has 0 aliphatic carbocycles. The normalized spacial score (nSPS) is 14.8. The summed E-state index contributed by atoms with van der Waals surface area (Å²) in [5, 5.41) is 1.55. The number of sulfonamides is 1. The topological polar surface area (TPSA) is 79.4 Å². The van der Waals surface area contributed by atoms with Crippen molar-refractivity contribution in [3.8, 4) is 0 Å². The molecule has 0 unspecified atom stereocenters. The first kappa shape index (κ1) is 17.6. The van der Waals surface area contributed by atoms with Crippen LogP contribution >= 0.6 is 0 Å². The monoisotopic (exact) mass is 381 g/mol. The van der Waals surface area contributed by atoms with Crippen LogP contribution in [0.2, 0.25) is 0 Å². The van der Waals surface area contributed by atoms with E-state index in [4.69, 9.17) is 0 Å². The SMILES string of the molecule is O=C1CCCN1c1cncc(CNS(=O)(=O)c2cccc3ccccc23)c1. The fraction of sp³-hybridized carbons (Fsp3) is 0.200. The first-order chi connectivity index (χ1) is 13.0. The Morgan fingerprint density at radius 2 is 1.89 bits per heavy atom. The first-order valence-electron chi connectivity index (χ1n) is 8.76. The van der Waals surface area contributed by atoms with Crippen molar-refractivity contribution in [3.05, 3.63) is 66.5 Å². The maximum absolute atomic E-state index is 12.8. The number of anilines is 1. The van der Waals surface area contributed by atoms with Crippen LogP contribution in [0.25, 0.3) is 10.8 Å². The number of rotatable bonds is 5. The van der Waals surface area contributed by atoms with E-state index in [0.717, 1.165) is 11.8 Å². The molecule has 1 N–H and O–H groups in total. The van der Waals surface area contributed by atoms with Crippen molar-refractivity contribution in [3.63, 3.8) is 0 Å². The molecule has 0 spiro atoms. The van der Waals surface area contributed by atoms with Gasteiger partial charge >= 0.3 is 0 Å². The highest BCUT2D eigenvalue weighted by molar-refractivity contribution is 7.89. The summed E-state index contributed by atoms with van der Waals surface area (Å²) < 4.78 is 28.3. The zero-order valence-corrected chi connectivity index (χ0v) is 15.4. The summed E-state index contributed by atoms with van der Waals surface area (Å²) >= 11 is 0. The van der Waals surface area contributed by atoms with E-state index in [-0.39, 0.29) is 17.3 Å². The third-order valence-corrected chi connectivity index (χ3v) is 6.13. The Morgan fingerprint density at radius 3 is 2.70 bits per heavy atom. The Hall–Kier alpha value is -2.77. The molecular weight excluding hydrogens is 362 g/mol. The predicted molar refractivity (Wildman–Crippen MR) is 104 cm³/mol. The molecule has 138 valence electrons. The molecule has 1 aliphatic rings. The molecule has 0 saturated carbocycles. The number of aromatic nitrogens is 1. The van der Waals surface area contributed by atoms with Crippen molar-refractivity contribution >= 4 is 32.4 Å². The zero-order chi connectivity index (χ0) is 18.9. The maximum atomic E-state index is 12.8. The summed E-state index contributed by atoms with van der Waals surface area (Å²) in [7, 11) is -3.69. The van der Waals surface area contributed by atoms with E-state index in [1.165, 1.54) is 0 Å². The van der Waals surface area contributed by atoms with Gasteiger partial charge in [-0.1, -0.05) is 36.4 Å². The van der Waals surface area contributed by atoms with Crippen LogP contribution in [0, 0.1) is 0 Å². The molecule has 3 aromatic rings. The van der Waals surface area contributed by atoms with Crippen LogP contribution in [0.5, 0.6) is 0 Å². The van der Waals surface area contributed by atoms with E-state index >= 15 is 0 Å². The summed E-state index contributed by atoms with van der Waals surface area (Å²) in [4.78, 5) is 18.0. The first-order valence-corrected chi connectivity index (χ1v) is 10.2. The molecule has 27 heavy (non-hydrogen) atoms. The van der Waals surface area contributed by atoms with E-state index in [1.54, 1.807) is 35.5 Å². The second kappa shape index (κ2) is 7.09. The van der Waals surface area contributed by atoms with Crippen LogP contribution in [0.15, 0.2) is 65.8 Å². The van der Waals surface area contributed by atoms with Gasteiger partial charge in [-0.2, -0.15) is 0 Å². The molecule has 4 rings (SSSR count). The largest absolute Gasteiger partial charge is 0.311 e. The third kappa shape index (κ3) is 3.56. The molecule has 1 aliphatic heterocycles. The van der Waals surface area contributed by atoms with E-state index in [2.05, 4.69) is 9.71 Å². The molecule has 2 heterocycles. The Kier molecular flexibility index (Phi) is 4.63. The van der Waals surface area contributed by atoms with Gasteiger partial charge < -0.3 is 4.90 Å². The van der Waals surface area contributed by atoms with Gasteiger partial charge in [0.1, 0.15) is 0 Å². The molecule has 0 radical (unpaired) electrons. The summed E-state index contributed by atoms with van der Waals surface area (Å²) in [6, 6.07) is 14.4. The van der Waals surface area contributed by atoms with E-state index < -0.39 is 10.0 Å². The van der Waals surface area contributed by atoms with Gasteiger partial charge in [-0.05, 0) is 29.5 Å². The Balaban J connectivity index is 1.57. The predicted octanol–water partition coefficient (Wildman–Crippen LogP) is 2.84. The summed E-state index contributed by atoms with van der Waals surface area (Å²) in [6.45, 7) is 0.778. The molecule has 1 fully saturated rings. The van der Waals surface area contributed by atoms with Gasteiger partial charge in [-0.15, -0.1) is 0 Å². The highest BCUT2D eigenvalue weighted by atomic mass is 32.2. The van der Waals surface area contributed by atoms with Crippen molar-refractivity contribution < 1.29 is 13.2 Å². The fourth-order valence-electron chi connectivity index (χ4n) is 3.33. The van der Waals surface area contributed by atoms with Gasteiger partial charge in [0.15, 0.2) is 0 Å². The minimum atomic E-state index is -3.69. The smallest absolute Gasteiger partial charge is 0.241 e. The molecule has 0 bridgehead atoms. The molecule has 7 heteroatoms. The highest BCUT2D eigenvalue weighted by Crippen LogP contribution is 2.24. The molecule has 1 amide bonds. The average Bonchev–Trinajstić information content (AvgIpc) is 3.12. The second-order valence-electron chi connectivity index (χ2n) is 6.50. The van der Waals surface area contributed by atoms with Crippen molar-refractivity contribution in [2.24, 2.45) is 0 Å². The van der Waals surface area contributed by atoms with Gasteiger partial charge in [0.05, 0.1) is 16.8 Å². The average molecular weight is 381 g/mol. The molecule has 2 aromatic carbocycles. The van der Waals surface area contributed by atoms with Crippen molar-refractivity contribution in [2.75, 3.05) is 11.4 Å². The maximum Gasteiger partial charge on any atom is 0.241 e. The number of nitrogens with one attached hydrogen (secondary N) is 1. The lowest BCUT2D eigenvalue weighted by Crippen LogP contribution is -2.25. The number of pyridine rings is 1. The Morgan fingerprint density at radius 1 is 1.07 bits per heavy atom. The molecular formula is C20H19N3O3S. The van der Waals surface area contributed by atoms with Gasteiger partial charge in [-0.25, -0.2) is 13.1 Å². The number of amides is 1. The van der Waals surface area contributed by atoms with E-state index in [0.29, 0.717) is 29.6 Å². The number of nitrogens with zero attached hydrogens (tertiary/aromatic N) is 2. The quantitative estimate of drug-likeness (QED) is 0.737. The minimum Gasteiger partial charge on any atom is -0.311 e. The summed E-state index contributed by atoms with van der Waals surface area (Å²) in [6.07, 6.45) is 4.61. The molecule has 6 nitrogen and oxygen atoms in total. The molecule has 1 aromatic heterocycles. The van der Waals surface area contributed by atoms with Crippen LogP contribution < -0.4 is 9.62 Å². The number of benzene rings is 2. The fourth-order valence-corrected chi connectivity index (χ4v) is 4.57. The number of fused-ring (bicyclic) bond motifs is 1. The van der Waals surface area contributed by atoms with Crippen LogP contribution in [-0.2, 0) is 21.4 Å². The second-order valence-corrected chi connectivity index (χ2v) is 8.24. The lowest BCUT2D eigenvalue weighted by Gasteiger charge is -2.16. The summed E-state index contributed by atoms with van der Waals surface area (Å²) in [5.41, 5.74) is 1.41. The van der Waals surface area contributed by atoms with E-state index in [1.807, 2.05) is 30.3 Å². The molecule has 1 saturated heterocycles. The summed E-state index contributed by atoms with van der Waals surface area (Å²) in [5.74, 6) is 0.0743. The van der Waals surface area contributed by atoms with Crippen LogP contribution in [0.1, 0.15) is 18.4 Å². The Bertz CT molecular complexity index is 1110. The van der Waals surface area contributed by atoms with Gasteiger partial charge in [0.2, 0.25) is 15.9 Å². The Labute approximate surface area is 157 Å². The van der Waals surface area contributed by atoms with E-state index in [9.17, 15) is 13.2 Å². The van der Waals surface area contributed by atoms with Crippen molar-refractivity contribution in [1.82, 2.24) is 9.71 Å². The minimum absolute atomic E-state index is 0.0743. The van der Waals surface area contributed by atoms with Gasteiger partial charge in [-0.3, -0.25) is 9.78 Å². The van der Waals surface area contributed by atoms with Gasteiger partial charge in [0.25, 0.3) is 0 Å².